The average molecular weight is 494 g/mol. The van der Waals surface area contributed by atoms with Crippen LogP contribution in [0.3, 0.4) is 0 Å². The van der Waals surface area contributed by atoms with Crippen molar-refractivity contribution in [2.45, 2.75) is 38.6 Å². The number of nitrogens with one attached hydrogen (secondary N) is 2. The van der Waals surface area contributed by atoms with Crippen molar-refractivity contribution >= 4 is 29.3 Å². The summed E-state index contributed by atoms with van der Waals surface area (Å²) in [4.78, 5) is 40.4. The van der Waals surface area contributed by atoms with E-state index in [2.05, 4.69) is 39.9 Å². The van der Waals surface area contributed by atoms with Gasteiger partial charge in [0.05, 0.1) is 6.54 Å². The van der Waals surface area contributed by atoms with E-state index in [1.807, 2.05) is 24.3 Å². The van der Waals surface area contributed by atoms with E-state index in [9.17, 15) is 14.4 Å². The fourth-order valence-corrected chi connectivity index (χ4v) is 5.09. The number of hydrogen-bond acceptors (Lipinski definition) is 6. The number of carboxylic acid groups (broad SMARTS) is 1. The van der Waals surface area contributed by atoms with Crippen molar-refractivity contribution in [3.05, 3.63) is 75.2 Å². The summed E-state index contributed by atoms with van der Waals surface area (Å²) in [7, 11) is 0. The first kappa shape index (κ1) is 24.4. The molecule has 1 aliphatic rings. The summed E-state index contributed by atoms with van der Waals surface area (Å²) in [5, 5.41) is 14.7. The molecule has 2 aromatic carbocycles. The van der Waals surface area contributed by atoms with Gasteiger partial charge >= 0.3 is 12.1 Å². The Bertz CT molecular complexity index is 1190. The van der Waals surface area contributed by atoms with Crippen molar-refractivity contribution in [1.29, 1.82) is 0 Å². The molecule has 1 aromatic heterocycles. The van der Waals surface area contributed by atoms with Crippen molar-refractivity contribution < 1.29 is 24.2 Å². The van der Waals surface area contributed by atoms with Gasteiger partial charge in [-0.1, -0.05) is 48.5 Å². The molecule has 0 fully saturated rings. The Hall–Kier alpha value is -3.72. The first-order chi connectivity index (χ1) is 16.9. The number of aliphatic carboxylic acids is 1. The van der Waals surface area contributed by atoms with Crippen LogP contribution in [0.1, 0.15) is 56.7 Å². The number of benzene rings is 2. The second-order valence-corrected chi connectivity index (χ2v) is 9.59. The molecular weight excluding hydrogens is 466 g/mol. The predicted molar refractivity (Wildman–Crippen MR) is 133 cm³/mol. The summed E-state index contributed by atoms with van der Waals surface area (Å²) in [5.74, 6) is -1.16. The Kier molecular flexibility index (Phi) is 7.77. The predicted octanol–water partition coefficient (Wildman–Crippen LogP) is 4.47. The number of aryl methyl sites for hydroxylation is 1. The fraction of sp³-hybridized carbons (Fsp3) is 0.308. The molecule has 3 aromatic rings. The molecule has 0 spiro atoms. The molecule has 4 rings (SSSR count). The molecule has 0 saturated heterocycles. The first-order valence-corrected chi connectivity index (χ1v) is 12.3. The zero-order valence-corrected chi connectivity index (χ0v) is 20.2. The van der Waals surface area contributed by atoms with Crippen molar-refractivity contribution in [2.75, 3.05) is 13.2 Å². The van der Waals surface area contributed by atoms with Crippen LogP contribution in [-0.4, -0.2) is 41.2 Å². The minimum atomic E-state index is -0.847. The topological polar surface area (TPSA) is 118 Å². The summed E-state index contributed by atoms with van der Waals surface area (Å²) < 4.78 is 5.54. The molecule has 0 saturated carbocycles. The number of amides is 2. The van der Waals surface area contributed by atoms with E-state index in [0.717, 1.165) is 16.0 Å². The van der Waals surface area contributed by atoms with Gasteiger partial charge in [-0.2, -0.15) is 0 Å². The maximum Gasteiger partial charge on any atom is 0.407 e. The maximum atomic E-state index is 12.4. The molecular formula is C26H27N3O5S. The zero-order chi connectivity index (χ0) is 24.8. The Morgan fingerprint density at radius 2 is 1.66 bits per heavy atom. The second-order valence-electron chi connectivity index (χ2n) is 8.30. The highest BCUT2D eigenvalue weighted by atomic mass is 32.1. The lowest BCUT2D eigenvalue weighted by atomic mass is 9.98. The molecule has 2 amide bonds. The lowest BCUT2D eigenvalue weighted by Crippen LogP contribution is -2.26. The molecule has 0 unspecified atom stereocenters. The molecule has 0 bridgehead atoms. The van der Waals surface area contributed by atoms with Gasteiger partial charge in [-0.05, 0) is 42.0 Å². The highest BCUT2D eigenvalue weighted by Crippen LogP contribution is 2.44. The number of fused-ring (bicyclic) bond motifs is 3. The molecule has 182 valence electrons. The number of unbranched alkanes of at least 4 members (excludes halogenated alkanes) is 1. The van der Waals surface area contributed by atoms with Crippen LogP contribution in [0, 0.1) is 6.92 Å². The van der Waals surface area contributed by atoms with Crippen LogP contribution in [0.5, 0.6) is 0 Å². The number of aromatic nitrogens is 1. The van der Waals surface area contributed by atoms with Crippen LogP contribution < -0.4 is 10.6 Å². The third kappa shape index (κ3) is 5.86. The van der Waals surface area contributed by atoms with Crippen LogP contribution in [-0.2, 0) is 16.1 Å². The van der Waals surface area contributed by atoms with Gasteiger partial charge < -0.3 is 20.5 Å². The van der Waals surface area contributed by atoms with Gasteiger partial charge in [-0.15, -0.1) is 11.3 Å². The van der Waals surface area contributed by atoms with Crippen molar-refractivity contribution in [2.24, 2.45) is 0 Å². The molecule has 8 nitrogen and oxygen atoms in total. The van der Waals surface area contributed by atoms with E-state index in [1.54, 1.807) is 6.92 Å². The van der Waals surface area contributed by atoms with Crippen LogP contribution in [0.15, 0.2) is 48.5 Å². The Morgan fingerprint density at radius 3 is 2.31 bits per heavy atom. The summed E-state index contributed by atoms with van der Waals surface area (Å²) in [6, 6.07) is 16.3. The number of rotatable bonds is 10. The first-order valence-electron chi connectivity index (χ1n) is 11.5. The summed E-state index contributed by atoms with van der Waals surface area (Å²) >= 11 is 1.34. The van der Waals surface area contributed by atoms with Gasteiger partial charge in [-0.25, -0.2) is 9.78 Å². The Labute approximate surface area is 207 Å². The minimum absolute atomic E-state index is 0.0129. The van der Waals surface area contributed by atoms with Crippen LogP contribution >= 0.6 is 11.3 Å². The van der Waals surface area contributed by atoms with Crippen molar-refractivity contribution in [1.82, 2.24) is 15.6 Å². The quantitative estimate of drug-likeness (QED) is 0.359. The molecule has 9 heteroatoms. The molecule has 0 atom stereocenters. The molecule has 0 aliphatic heterocycles. The molecule has 1 heterocycles. The third-order valence-corrected chi connectivity index (χ3v) is 6.86. The number of thiazole rings is 1. The Morgan fingerprint density at radius 1 is 1.00 bits per heavy atom. The van der Waals surface area contributed by atoms with Crippen molar-refractivity contribution in [3.8, 4) is 11.1 Å². The van der Waals surface area contributed by atoms with E-state index in [0.29, 0.717) is 30.1 Å². The second kappa shape index (κ2) is 11.1. The van der Waals surface area contributed by atoms with E-state index < -0.39 is 12.1 Å². The number of carbonyl (C=O) groups is 3. The lowest BCUT2D eigenvalue weighted by Gasteiger charge is -2.14. The number of carboxylic acids is 1. The fourth-order valence-electron chi connectivity index (χ4n) is 4.22. The van der Waals surface area contributed by atoms with Gasteiger partial charge in [0.2, 0.25) is 0 Å². The summed E-state index contributed by atoms with van der Waals surface area (Å²) in [6.45, 7) is 2.57. The van der Waals surface area contributed by atoms with Crippen LogP contribution in [0.4, 0.5) is 4.79 Å². The number of ether oxygens (including phenoxy) is 1. The Balaban J connectivity index is 1.27. The van der Waals surface area contributed by atoms with Gasteiger partial charge in [0.15, 0.2) is 0 Å². The molecule has 1 aliphatic carbocycles. The lowest BCUT2D eigenvalue weighted by molar-refractivity contribution is -0.137. The van der Waals surface area contributed by atoms with Crippen LogP contribution in [0.2, 0.25) is 0 Å². The largest absolute Gasteiger partial charge is 0.481 e. The van der Waals surface area contributed by atoms with Gasteiger partial charge in [0, 0.05) is 23.8 Å². The zero-order valence-electron chi connectivity index (χ0n) is 19.4. The van der Waals surface area contributed by atoms with Gasteiger partial charge in [0.25, 0.3) is 5.91 Å². The van der Waals surface area contributed by atoms with E-state index in [-0.39, 0.29) is 31.4 Å². The number of nitrogens with zero attached hydrogens (tertiary/aromatic N) is 1. The average Bonchev–Trinajstić information content (AvgIpc) is 3.38. The molecule has 35 heavy (non-hydrogen) atoms. The SMILES string of the molecule is Cc1sc(CNC(=O)OCC2c3ccccc3-c3ccccc32)nc1C(=O)NCCCCC(=O)O. The smallest absolute Gasteiger partial charge is 0.407 e. The number of alkyl carbamates (subject to hydrolysis) is 1. The minimum Gasteiger partial charge on any atom is -0.481 e. The van der Waals surface area contributed by atoms with Gasteiger partial charge in [0.1, 0.15) is 17.3 Å². The highest BCUT2D eigenvalue weighted by molar-refractivity contribution is 7.11. The summed E-state index contributed by atoms with van der Waals surface area (Å²) in [6.07, 6.45) is 0.625. The monoisotopic (exact) mass is 493 g/mol. The number of carbonyl (C=O) groups excluding carboxylic acids is 2. The van der Waals surface area contributed by atoms with Crippen molar-refractivity contribution in [3.63, 3.8) is 0 Å². The van der Waals surface area contributed by atoms with Crippen LogP contribution in [0.25, 0.3) is 11.1 Å². The molecule has 3 N–H and O–H groups in total. The van der Waals surface area contributed by atoms with E-state index >= 15 is 0 Å². The normalized spacial score (nSPS) is 12.0. The summed E-state index contributed by atoms with van der Waals surface area (Å²) in [5.41, 5.74) is 4.95. The highest BCUT2D eigenvalue weighted by Gasteiger charge is 2.29. The van der Waals surface area contributed by atoms with E-state index in [4.69, 9.17) is 9.84 Å². The molecule has 0 radical (unpaired) electrons. The number of hydrogen-bond donors (Lipinski definition) is 3. The maximum absolute atomic E-state index is 12.4. The standard InChI is InChI=1S/C26H27N3O5S/c1-16-24(25(32)27-13-7-6-12-23(30)31)29-22(35-16)14-28-26(33)34-15-21-19-10-4-2-8-17(19)18-9-3-5-11-20(18)21/h2-5,8-11,21H,6-7,12-15H2,1H3,(H,27,32)(H,28,33)(H,30,31). The van der Waals surface area contributed by atoms with E-state index in [1.165, 1.54) is 22.5 Å². The third-order valence-electron chi connectivity index (χ3n) is 5.89. The van der Waals surface area contributed by atoms with Gasteiger partial charge in [-0.3, -0.25) is 9.59 Å².